The fourth-order valence-electron chi connectivity index (χ4n) is 2.69. The van der Waals surface area contributed by atoms with Crippen molar-refractivity contribution in [3.05, 3.63) is 33.8 Å². The van der Waals surface area contributed by atoms with Crippen molar-refractivity contribution in [1.82, 2.24) is 9.80 Å². The van der Waals surface area contributed by atoms with Crippen molar-refractivity contribution in [3.63, 3.8) is 0 Å². The summed E-state index contributed by atoms with van der Waals surface area (Å²) in [5.41, 5.74) is 1.95. The number of nitrogens with zero attached hydrogens (tertiary/aromatic N) is 2. The lowest BCUT2D eigenvalue weighted by atomic mass is 10.1. The number of benzene rings is 1. The van der Waals surface area contributed by atoms with E-state index in [0.717, 1.165) is 42.3 Å². The molecule has 1 aliphatic carbocycles. The summed E-state index contributed by atoms with van der Waals surface area (Å²) in [4.78, 5) is 17.0. The predicted octanol–water partition coefficient (Wildman–Crippen LogP) is 2.68. The van der Waals surface area contributed by atoms with Crippen molar-refractivity contribution < 1.29 is 4.79 Å². The molecule has 3 nitrogen and oxygen atoms in total. The first-order chi connectivity index (χ1) is 9.15. The first-order valence-corrected chi connectivity index (χ1v) is 7.74. The minimum absolute atomic E-state index is 0.155. The van der Waals surface area contributed by atoms with E-state index in [1.165, 1.54) is 18.4 Å². The number of piperazine rings is 1. The number of halogens is 1. The van der Waals surface area contributed by atoms with Gasteiger partial charge in [0.2, 0.25) is 0 Å². The molecule has 3 rings (SSSR count). The Labute approximate surface area is 122 Å². The topological polar surface area (TPSA) is 23.6 Å². The second-order valence-corrected chi connectivity index (χ2v) is 6.40. The number of hydrogen-bond acceptors (Lipinski definition) is 2. The van der Waals surface area contributed by atoms with E-state index in [2.05, 4.69) is 20.8 Å². The van der Waals surface area contributed by atoms with Crippen LogP contribution in [0.4, 0.5) is 0 Å². The highest BCUT2D eigenvalue weighted by Crippen LogP contribution is 2.28. The predicted molar refractivity (Wildman–Crippen MR) is 79.4 cm³/mol. The smallest absolute Gasteiger partial charge is 0.255 e. The SMILES string of the molecule is Cc1ccc(C(=O)N2CCN(C3CC3)CC2)c(Br)c1. The van der Waals surface area contributed by atoms with Crippen LogP contribution in [0, 0.1) is 6.92 Å². The van der Waals surface area contributed by atoms with E-state index in [1.807, 2.05) is 30.0 Å². The van der Waals surface area contributed by atoms with Gasteiger partial charge < -0.3 is 4.90 Å². The molecule has 2 aliphatic rings. The number of hydrogen-bond donors (Lipinski definition) is 0. The van der Waals surface area contributed by atoms with E-state index in [-0.39, 0.29) is 5.91 Å². The zero-order chi connectivity index (χ0) is 13.4. The fourth-order valence-corrected chi connectivity index (χ4v) is 3.36. The van der Waals surface area contributed by atoms with Crippen molar-refractivity contribution in [2.75, 3.05) is 26.2 Å². The monoisotopic (exact) mass is 322 g/mol. The van der Waals surface area contributed by atoms with Crippen LogP contribution in [0.1, 0.15) is 28.8 Å². The highest BCUT2D eigenvalue weighted by molar-refractivity contribution is 9.10. The Morgan fingerprint density at radius 3 is 2.47 bits per heavy atom. The van der Waals surface area contributed by atoms with E-state index in [1.54, 1.807) is 0 Å². The van der Waals surface area contributed by atoms with Gasteiger partial charge in [0.15, 0.2) is 0 Å². The minimum atomic E-state index is 0.155. The van der Waals surface area contributed by atoms with E-state index in [4.69, 9.17) is 0 Å². The third-order valence-corrected chi connectivity index (χ3v) is 4.68. The maximum atomic E-state index is 12.5. The van der Waals surface area contributed by atoms with Crippen LogP contribution in [0.2, 0.25) is 0 Å². The summed E-state index contributed by atoms with van der Waals surface area (Å²) in [5, 5.41) is 0. The molecule has 0 aromatic heterocycles. The first-order valence-electron chi connectivity index (χ1n) is 6.94. The van der Waals surface area contributed by atoms with Crippen LogP contribution in [-0.2, 0) is 0 Å². The van der Waals surface area contributed by atoms with Crippen molar-refractivity contribution in [2.45, 2.75) is 25.8 Å². The molecule has 0 radical (unpaired) electrons. The molecule has 19 heavy (non-hydrogen) atoms. The molecule has 0 unspecified atom stereocenters. The molecule has 0 spiro atoms. The van der Waals surface area contributed by atoms with E-state index < -0.39 is 0 Å². The summed E-state index contributed by atoms with van der Waals surface area (Å²) >= 11 is 3.50. The van der Waals surface area contributed by atoms with Gasteiger partial charge in [0.25, 0.3) is 5.91 Å². The molecule has 1 saturated heterocycles. The number of aryl methyl sites for hydroxylation is 1. The minimum Gasteiger partial charge on any atom is -0.336 e. The molecule has 1 aromatic carbocycles. The molecule has 102 valence electrons. The Morgan fingerprint density at radius 2 is 1.89 bits per heavy atom. The molecule has 1 aromatic rings. The zero-order valence-electron chi connectivity index (χ0n) is 11.2. The summed E-state index contributed by atoms with van der Waals surface area (Å²) in [6, 6.07) is 6.74. The Morgan fingerprint density at radius 1 is 1.21 bits per heavy atom. The quantitative estimate of drug-likeness (QED) is 0.835. The summed E-state index contributed by atoms with van der Waals surface area (Å²) in [6.07, 6.45) is 2.69. The second kappa shape index (κ2) is 5.25. The Hall–Kier alpha value is -0.870. The first kappa shape index (κ1) is 13.1. The molecular weight excluding hydrogens is 304 g/mol. The van der Waals surface area contributed by atoms with Crippen molar-refractivity contribution in [3.8, 4) is 0 Å². The normalized spacial score (nSPS) is 20.6. The van der Waals surface area contributed by atoms with Crippen LogP contribution in [0.15, 0.2) is 22.7 Å². The van der Waals surface area contributed by atoms with Crippen LogP contribution >= 0.6 is 15.9 Å². The number of rotatable bonds is 2. The summed E-state index contributed by atoms with van der Waals surface area (Å²) in [5.74, 6) is 0.155. The van der Waals surface area contributed by atoms with E-state index in [9.17, 15) is 4.79 Å². The van der Waals surface area contributed by atoms with Gasteiger partial charge in [-0.15, -0.1) is 0 Å². The highest BCUT2D eigenvalue weighted by atomic mass is 79.9. The average Bonchev–Trinajstić information content (AvgIpc) is 3.22. The highest BCUT2D eigenvalue weighted by Gasteiger charge is 2.32. The van der Waals surface area contributed by atoms with Crippen molar-refractivity contribution in [2.24, 2.45) is 0 Å². The molecule has 1 saturated carbocycles. The number of amides is 1. The number of carbonyl (C=O) groups is 1. The van der Waals surface area contributed by atoms with Gasteiger partial charge in [0.05, 0.1) is 5.56 Å². The van der Waals surface area contributed by atoms with Gasteiger partial charge >= 0.3 is 0 Å². The van der Waals surface area contributed by atoms with Gasteiger partial charge in [-0.1, -0.05) is 6.07 Å². The third-order valence-electron chi connectivity index (χ3n) is 4.02. The second-order valence-electron chi connectivity index (χ2n) is 5.54. The molecule has 0 bridgehead atoms. The Balaban J connectivity index is 1.67. The molecule has 1 amide bonds. The Bertz CT molecular complexity index is 491. The standard InChI is InChI=1S/C15H19BrN2O/c1-11-2-5-13(14(16)10-11)15(19)18-8-6-17(7-9-18)12-3-4-12/h2,5,10,12H,3-4,6-9H2,1H3. The van der Waals surface area contributed by atoms with Gasteiger partial charge in [-0.3, -0.25) is 9.69 Å². The Kier molecular flexibility index (Phi) is 3.63. The summed E-state index contributed by atoms with van der Waals surface area (Å²) in [7, 11) is 0. The van der Waals surface area contributed by atoms with Crippen molar-refractivity contribution in [1.29, 1.82) is 0 Å². The van der Waals surface area contributed by atoms with Gasteiger partial charge in [-0.05, 0) is 53.4 Å². The van der Waals surface area contributed by atoms with Crippen LogP contribution in [-0.4, -0.2) is 47.9 Å². The summed E-state index contributed by atoms with van der Waals surface area (Å²) in [6.45, 7) is 5.80. The molecule has 1 aliphatic heterocycles. The maximum absolute atomic E-state index is 12.5. The lowest BCUT2D eigenvalue weighted by Gasteiger charge is -2.35. The summed E-state index contributed by atoms with van der Waals surface area (Å²) < 4.78 is 0.905. The van der Waals surface area contributed by atoms with Crippen LogP contribution in [0.25, 0.3) is 0 Å². The third kappa shape index (κ3) is 2.84. The number of carbonyl (C=O) groups excluding carboxylic acids is 1. The van der Waals surface area contributed by atoms with E-state index >= 15 is 0 Å². The molecular formula is C15H19BrN2O. The zero-order valence-corrected chi connectivity index (χ0v) is 12.8. The van der Waals surface area contributed by atoms with Crippen LogP contribution < -0.4 is 0 Å². The lowest BCUT2D eigenvalue weighted by molar-refractivity contribution is 0.0626. The largest absolute Gasteiger partial charge is 0.336 e. The lowest BCUT2D eigenvalue weighted by Crippen LogP contribution is -2.49. The molecule has 0 atom stereocenters. The maximum Gasteiger partial charge on any atom is 0.255 e. The van der Waals surface area contributed by atoms with Gasteiger partial charge in [-0.25, -0.2) is 0 Å². The van der Waals surface area contributed by atoms with E-state index in [0.29, 0.717) is 0 Å². The van der Waals surface area contributed by atoms with Gasteiger partial charge in [0, 0.05) is 36.7 Å². The molecule has 0 N–H and O–H groups in total. The molecule has 4 heteroatoms. The van der Waals surface area contributed by atoms with Crippen LogP contribution in [0.3, 0.4) is 0 Å². The molecule has 2 fully saturated rings. The van der Waals surface area contributed by atoms with Gasteiger partial charge in [0.1, 0.15) is 0 Å². The van der Waals surface area contributed by atoms with Gasteiger partial charge in [-0.2, -0.15) is 0 Å². The van der Waals surface area contributed by atoms with Crippen LogP contribution in [0.5, 0.6) is 0 Å². The van der Waals surface area contributed by atoms with Crippen molar-refractivity contribution >= 4 is 21.8 Å². The molecule has 1 heterocycles. The fraction of sp³-hybridized carbons (Fsp3) is 0.533. The average molecular weight is 323 g/mol.